The highest BCUT2D eigenvalue weighted by Crippen LogP contribution is 2.68. The van der Waals surface area contributed by atoms with Crippen LogP contribution in [-0.4, -0.2) is 84.4 Å². The molecule has 0 aromatic carbocycles. The summed E-state index contributed by atoms with van der Waals surface area (Å²) in [6.07, 6.45) is -0.206. The summed E-state index contributed by atoms with van der Waals surface area (Å²) in [7, 11) is -6.41. The smallest absolute Gasteiger partial charge is 0.382 e. The summed E-state index contributed by atoms with van der Waals surface area (Å²) in [5.41, 5.74) is 6.79. The van der Waals surface area contributed by atoms with E-state index in [9.17, 15) is 13.7 Å². The van der Waals surface area contributed by atoms with Crippen LogP contribution in [0.2, 0.25) is 0 Å². The molecule has 4 heterocycles. The molecule has 6 atom stereocenters. The summed E-state index contributed by atoms with van der Waals surface area (Å²) in [6.45, 7) is -0.666. The van der Waals surface area contributed by atoms with Gasteiger partial charge in [0.1, 0.15) is 37.4 Å². The number of hydrogen-bond acceptors (Lipinski definition) is 16. The molecule has 0 bridgehead atoms. The topological polar surface area (TPSA) is 195 Å². The molecular weight excluding hydrogens is 563 g/mol. The normalized spacial score (nSPS) is 30.9. The first-order valence-corrected chi connectivity index (χ1v) is 15.6. The highest BCUT2D eigenvalue weighted by Gasteiger charge is 2.58. The van der Waals surface area contributed by atoms with Gasteiger partial charge in [-0.3, -0.25) is 9.09 Å². The quantitative estimate of drug-likeness (QED) is 0.174. The lowest BCUT2D eigenvalue weighted by Gasteiger charge is -2.24. The first-order chi connectivity index (χ1) is 17.3. The average Bonchev–Trinajstić information content (AvgIpc) is 3.40. The van der Waals surface area contributed by atoms with Crippen molar-refractivity contribution in [3.63, 3.8) is 0 Å². The lowest BCUT2D eigenvalue weighted by Crippen LogP contribution is -2.39. The van der Waals surface area contributed by atoms with Gasteiger partial charge in [-0.15, -0.1) is 0 Å². The summed E-state index contributed by atoms with van der Waals surface area (Å²) >= 11 is 1.30. The van der Waals surface area contributed by atoms with Crippen molar-refractivity contribution in [3.8, 4) is 0 Å². The number of thioether (sulfide) groups is 1. The minimum Gasteiger partial charge on any atom is -0.382 e. The Morgan fingerprint density at radius 2 is 1.83 bits per heavy atom. The first-order valence-electron chi connectivity index (χ1n) is 10.2. The lowest BCUT2D eigenvalue weighted by atomic mass is 10.1. The zero-order chi connectivity index (χ0) is 25.9. The molecule has 0 spiro atoms. The zero-order valence-electron chi connectivity index (χ0n) is 19.3. The van der Waals surface area contributed by atoms with E-state index < -0.39 is 55.0 Å². The van der Waals surface area contributed by atoms with Gasteiger partial charge in [-0.1, -0.05) is 11.8 Å². The Labute approximate surface area is 211 Å². The summed E-state index contributed by atoms with van der Waals surface area (Å²) in [4.78, 5) is 13.0. The fourth-order valence-corrected chi connectivity index (χ4v) is 8.87. The number of nitrogens with zero attached hydrogens (tertiary/aromatic N) is 4. The van der Waals surface area contributed by atoms with E-state index in [-0.39, 0.29) is 25.3 Å². The van der Waals surface area contributed by atoms with Crippen LogP contribution in [0.4, 0.5) is 5.82 Å². The van der Waals surface area contributed by atoms with Crippen LogP contribution in [0.15, 0.2) is 11.5 Å². The first kappa shape index (κ1) is 27.8. The van der Waals surface area contributed by atoms with Gasteiger partial charge in [-0.2, -0.15) is 0 Å². The van der Waals surface area contributed by atoms with Gasteiger partial charge in [0.2, 0.25) is 0 Å². The van der Waals surface area contributed by atoms with Gasteiger partial charge in [0.25, 0.3) is 0 Å². The maximum Gasteiger partial charge on any atom is 0.574 e. The highest BCUT2D eigenvalue weighted by atomic mass is 32.2. The molecule has 2 aliphatic heterocycles. The van der Waals surface area contributed by atoms with Gasteiger partial charge < -0.3 is 29.4 Å². The molecule has 36 heavy (non-hydrogen) atoms. The Kier molecular flexibility index (Phi) is 9.37. The molecule has 2 fully saturated rings. The van der Waals surface area contributed by atoms with Crippen molar-refractivity contribution in [1.29, 1.82) is 0 Å². The number of nitrogen functional groups attached to an aromatic ring is 1. The number of aromatic nitrogens is 4. The van der Waals surface area contributed by atoms with Crippen LogP contribution in [0.25, 0.3) is 11.2 Å². The predicted molar refractivity (Wildman–Crippen MR) is 125 cm³/mol. The van der Waals surface area contributed by atoms with E-state index in [1.54, 1.807) is 10.8 Å². The molecule has 2 saturated heterocycles. The number of hydrogen-bond donors (Lipinski definition) is 1. The second kappa shape index (κ2) is 12.1. The van der Waals surface area contributed by atoms with Crippen LogP contribution in [0.3, 0.4) is 0 Å². The van der Waals surface area contributed by atoms with Crippen molar-refractivity contribution in [2.75, 3.05) is 52.3 Å². The van der Waals surface area contributed by atoms with Crippen LogP contribution < -0.4 is 5.73 Å². The van der Waals surface area contributed by atoms with Crippen molar-refractivity contribution in [1.82, 2.24) is 19.5 Å². The van der Waals surface area contributed by atoms with E-state index in [1.165, 1.54) is 32.3 Å². The highest BCUT2D eigenvalue weighted by molar-refractivity contribution is 7.98. The average molecular weight is 587 g/mol. The Morgan fingerprint density at radius 1 is 1.17 bits per heavy atom. The Bertz CT molecular complexity index is 1150. The molecule has 20 heteroatoms. The number of fused-ring (bicyclic) bond motifs is 1. The third kappa shape index (κ3) is 6.09. The Balaban J connectivity index is 1.64. The van der Waals surface area contributed by atoms with Gasteiger partial charge in [0.05, 0.1) is 12.9 Å². The molecule has 0 saturated carbocycles. The SMILES string of the molecule is COCOC1C(COP2(=O)O[P+](=O)C[P+](=O)O2)OC(n2cnc3c(N)nc(SC)nc32)C1OCOC. The second-order valence-corrected chi connectivity index (χ2v) is 13.0. The van der Waals surface area contributed by atoms with E-state index in [1.807, 2.05) is 0 Å². The molecule has 2 aliphatic rings. The fourth-order valence-electron chi connectivity index (χ4n) is 3.53. The van der Waals surface area contributed by atoms with E-state index in [0.29, 0.717) is 16.3 Å². The fraction of sp³-hybridized carbons (Fsp3) is 0.688. The van der Waals surface area contributed by atoms with Gasteiger partial charge in [-0.25, -0.2) is 19.5 Å². The largest absolute Gasteiger partial charge is 0.574 e. The van der Waals surface area contributed by atoms with Crippen LogP contribution in [0.5, 0.6) is 0 Å². The summed E-state index contributed by atoms with van der Waals surface area (Å²) in [5.74, 6) is -0.182. The molecule has 0 radical (unpaired) electrons. The Morgan fingerprint density at radius 3 is 2.47 bits per heavy atom. The zero-order valence-corrected chi connectivity index (χ0v) is 22.8. The van der Waals surface area contributed by atoms with Gasteiger partial charge >= 0.3 is 29.8 Å². The number of ether oxygens (including phenoxy) is 5. The van der Waals surface area contributed by atoms with Crippen molar-refractivity contribution in [2.45, 2.75) is 29.7 Å². The number of nitrogens with two attached hydrogens (primary N) is 1. The number of phosphoric acid groups is 1. The molecule has 0 amide bonds. The van der Waals surface area contributed by atoms with Gasteiger partial charge in [-0.05, 0) is 24.0 Å². The third-order valence-electron chi connectivity index (χ3n) is 4.94. The minimum absolute atomic E-state index is 0.115. The van der Waals surface area contributed by atoms with E-state index in [0.717, 1.165) is 0 Å². The summed E-state index contributed by atoms with van der Waals surface area (Å²) in [5, 5.41) is 0.425. The van der Waals surface area contributed by atoms with Gasteiger partial charge in [0.15, 0.2) is 22.8 Å². The van der Waals surface area contributed by atoms with E-state index in [2.05, 4.69) is 15.0 Å². The number of imidazole rings is 1. The van der Waals surface area contributed by atoms with Crippen LogP contribution >= 0.6 is 35.6 Å². The molecule has 2 N–H and O–H groups in total. The van der Waals surface area contributed by atoms with Crippen molar-refractivity contribution < 1.29 is 50.5 Å². The molecule has 2 aromatic rings. The summed E-state index contributed by atoms with van der Waals surface area (Å²) in [6, 6.07) is 0. The van der Waals surface area contributed by atoms with E-state index >= 15 is 0 Å². The second-order valence-electron chi connectivity index (χ2n) is 7.27. The lowest BCUT2D eigenvalue weighted by molar-refractivity contribution is -0.158. The molecule has 16 nitrogen and oxygen atoms in total. The predicted octanol–water partition coefficient (Wildman–Crippen LogP) is 2.62. The molecule has 0 aliphatic carbocycles. The number of methoxy groups -OCH3 is 2. The molecular formula is C16H24N5O11P3S+2. The molecule has 4 rings (SSSR count). The number of rotatable bonds is 11. The van der Waals surface area contributed by atoms with E-state index in [4.69, 9.17) is 42.6 Å². The van der Waals surface area contributed by atoms with Crippen molar-refractivity contribution in [2.24, 2.45) is 0 Å². The van der Waals surface area contributed by atoms with Gasteiger partial charge in [0, 0.05) is 14.2 Å². The standard InChI is InChI=1S/C16H24N5O11P3S/c1-25-6-27-11-9(4-29-35(24)31-33(22)8-34(23)32-35)30-15(12(11)28-7-26-2)21-5-18-10-13(17)19-16(36-3)20-14(10)21/h5,9,11-12,15H,4,6-8H2,1-3H3,(H2,17,19,20)/q+2. The van der Waals surface area contributed by atoms with Crippen LogP contribution in [0, 0.1) is 0 Å². The molecule has 198 valence electrons. The van der Waals surface area contributed by atoms with Crippen LogP contribution in [0.1, 0.15) is 6.23 Å². The maximum absolute atomic E-state index is 12.7. The molecule has 6 unspecified atom stereocenters. The van der Waals surface area contributed by atoms with Crippen molar-refractivity contribution in [3.05, 3.63) is 6.33 Å². The Hall–Kier alpha value is -1.19. The maximum atomic E-state index is 12.7. The molecule has 2 aromatic heterocycles. The van der Waals surface area contributed by atoms with Crippen molar-refractivity contribution >= 4 is 52.6 Å². The number of anilines is 1. The monoisotopic (exact) mass is 587 g/mol. The summed E-state index contributed by atoms with van der Waals surface area (Å²) < 4.78 is 80.7. The third-order valence-corrected chi connectivity index (χ3v) is 10.9. The van der Waals surface area contributed by atoms with Crippen LogP contribution in [-0.2, 0) is 50.5 Å². The minimum atomic E-state index is -4.37.